The summed E-state index contributed by atoms with van der Waals surface area (Å²) in [6, 6.07) is 4.82. The van der Waals surface area contributed by atoms with Crippen molar-refractivity contribution >= 4 is 11.9 Å². The molecule has 0 bridgehead atoms. The number of unbranched alkanes of at least 4 members (excludes halogenated alkanes) is 13. The van der Waals surface area contributed by atoms with Gasteiger partial charge in [-0.05, 0) is 30.5 Å². The third kappa shape index (κ3) is 18.9. The van der Waals surface area contributed by atoms with Crippen molar-refractivity contribution in [3.63, 3.8) is 0 Å². The lowest BCUT2D eigenvalue weighted by Crippen LogP contribution is -2.35. The lowest BCUT2D eigenvalue weighted by atomic mass is 10.0. The van der Waals surface area contributed by atoms with E-state index in [-0.39, 0.29) is 11.1 Å². The second-order valence-corrected chi connectivity index (χ2v) is 9.78. The van der Waals surface area contributed by atoms with Crippen molar-refractivity contribution in [2.45, 2.75) is 96.8 Å². The second-order valence-electron chi connectivity index (χ2n) is 9.78. The van der Waals surface area contributed by atoms with E-state index in [4.69, 9.17) is 5.11 Å². The Morgan fingerprint density at radius 2 is 1.03 bits per heavy atom. The van der Waals surface area contributed by atoms with Crippen LogP contribution in [0.25, 0.3) is 0 Å². The molecule has 0 unspecified atom stereocenters. The van der Waals surface area contributed by atoms with Crippen LogP contribution in [0.5, 0.6) is 0 Å². The Labute approximate surface area is 196 Å². The summed E-state index contributed by atoms with van der Waals surface area (Å²) in [6.07, 6.45) is 20.4. The molecule has 0 fully saturated rings. The fraction of sp³-hybridized carbons (Fsp3) is 0.704. The second kappa shape index (κ2) is 18.7. The maximum absolute atomic E-state index is 10.3. The van der Waals surface area contributed by atoms with E-state index in [9.17, 15) is 14.7 Å². The molecule has 0 aromatic heterocycles. The van der Waals surface area contributed by atoms with E-state index in [1.165, 1.54) is 121 Å². The minimum Gasteiger partial charge on any atom is -0.545 e. The molecule has 1 N–H and O–H groups in total. The number of carboxylic acid groups (broad SMARTS) is 2. The number of benzene rings is 1. The van der Waals surface area contributed by atoms with Crippen molar-refractivity contribution in [1.82, 2.24) is 0 Å². The predicted octanol–water partition coefficient (Wildman–Crippen LogP) is 5.92. The molecule has 0 aliphatic carbocycles. The highest BCUT2D eigenvalue weighted by Crippen LogP contribution is 2.13. The van der Waals surface area contributed by atoms with Crippen LogP contribution in [0.4, 0.5) is 0 Å². The van der Waals surface area contributed by atoms with Gasteiger partial charge in [-0.1, -0.05) is 96.1 Å². The smallest absolute Gasteiger partial charge is 0.335 e. The molecule has 0 aliphatic heterocycles. The first-order valence-electron chi connectivity index (χ1n) is 12.5. The van der Waals surface area contributed by atoms with Crippen LogP contribution in [0.2, 0.25) is 0 Å². The zero-order chi connectivity index (χ0) is 24.2. The molecule has 1 aromatic rings. The summed E-state index contributed by atoms with van der Waals surface area (Å²) < 4.78 is 1.12. The summed E-state index contributed by atoms with van der Waals surface area (Å²) in [5, 5.41) is 18.7. The average molecular weight is 450 g/mol. The minimum absolute atomic E-state index is 0.0278. The van der Waals surface area contributed by atoms with Crippen molar-refractivity contribution in [2.24, 2.45) is 0 Å². The van der Waals surface area contributed by atoms with Crippen molar-refractivity contribution in [1.29, 1.82) is 0 Å². The topological polar surface area (TPSA) is 77.4 Å². The van der Waals surface area contributed by atoms with Crippen molar-refractivity contribution in [3.8, 4) is 0 Å². The molecule has 1 rings (SSSR count). The monoisotopic (exact) mass is 449 g/mol. The van der Waals surface area contributed by atoms with Crippen LogP contribution in [-0.2, 0) is 0 Å². The fourth-order valence-corrected chi connectivity index (χ4v) is 3.53. The van der Waals surface area contributed by atoms with Crippen LogP contribution in [0.1, 0.15) is 118 Å². The number of nitrogens with zero attached hydrogens (tertiary/aromatic N) is 1. The van der Waals surface area contributed by atoms with E-state index >= 15 is 0 Å². The molecular weight excluding hydrogens is 402 g/mol. The van der Waals surface area contributed by atoms with E-state index in [2.05, 4.69) is 28.1 Å². The van der Waals surface area contributed by atoms with Crippen LogP contribution in [0.3, 0.4) is 0 Å². The zero-order valence-electron chi connectivity index (χ0n) is 21.0. The lowest BCUT2D eigenvalue weighted by molar-refractivity contribution is -0.870. The van der Waals surface area contributed by atoms with Crippen LogP contribution >= 0.6 is 0 Å². The van der Waals surface area contributed by atoms with Crippen LogP contribution in [-0.4, -0.2) is 49.2 Å². The lowest BCUT2D eigenvalue weighted by Gasteiger charge is -2.23. The number of hydrogen-bond acceptors (Lipinski definition) is 3. The van der Waals surface area contributed by atoms with E-state index < -0.39 is 11.9 Å². The average Bonchev–Trinajstić information content (AvgIpc) is 2.73. The summed E-state index contributed by atoms with van der Waals surface area (Å²) in [4.78, 5) is 20.5. The maximum atomic E-state index is 10.3. The molecule has 0 amide bonds. The SMILES string of the molecule is CCCCCCCCCCCCCCCC[N+](C)(C)C.O=C([O-])c1ccc(C(=O)O)cc1. The van der Waals surface area contributed by atoms with Gasteiger partial charge in [0.1, 0.15) is 0 Å². The van der Waals surface area contributed by atoms with Gasteiger partial charge in [0.2, 0.25) is 0 Å². The third-order valence-corrected chi connectivity index (χ3v) is 5.55. The number of aromatic carboxylic acids is 2. The Morgan fingerprint density at radius 3 is 1.34 bits per heavy atom. The largest absolute Gasteiger partial charge is 0.545 e. The Kier molecular flexibility index (Phi) is 17.6. The van der Waals surface area contributed by atoms with Crippen LogP contribution < -0.4 is 5.11 Å². The molecular formula is C27H47NO4. The van der Waals surface area contributed by atoms with Crippen molar-refractivity contribution < 1.29 is 24.3 Å². The summed E-state index contributed by atoms with van der Waals surface area (Å²) in [5.41, 5.74) is 0.0278. The summed E-state index contributed by atoms with van der Waals surface area (Å²) in [6.45, 7) is 3.63. The van der Waals surface area contributed by atoms with E-state index in [0.29, 0.717) is 0 Å². The predicted molar refractivity (Wildman–Crippen MR) is 131 cm³/mol. The number of carboxylic acids is 2. The molecule has 5 nitrogen and oxygen atoms in total. The Bertz CT molecular complexity index is 572. The number of rotatable bonds is 17. The summed E-state index contributed by atoms with van der Waals surface area (Å²) in [7, 11) is 6.88. The minimum atomic E-state index is -1.31. The van der Waals surface area contributed by atoms with Crippen molar-refractivity contribution in [3.05, 3.63) is 35.4 Å². The standard InChI is InChI=1S/C19H42N.C8H6O4/c1-5-6-7-8-9-10-11-12-13-14-15-16-17-18-19-20(2,3)4;9-7(10)5-1-2-6(4-3-5)8(11)12/h5-19H2,1-4H3;1-4H,(H,9,10)(H,11,12)/q+1;/p-1. The van der Waals surface area contributed by atoms with Gasteiger partial charge in [0.15, 0.2) is 0 Å². The molecule has 0 saturated carbocycles. The Balaban J connectivity index is 0.000000677. The Morgan fingerprint density at radius 1 is 0.688 bits per heavy atom. The highest BCUT2D eigenvalue weighted by Gasteiger charge is 2.05. The molecule has 0 saturated heterocycles. The third-order valence-electron chi connectivity index (χ3n) is 5.55. The molecule has 184 valence electrons. The molecule has 0 spiro atoms. The molecule has 0 radical (unpaired) electrons. The number of carbonyl (C=O) groups is 2. The first-order valence-corrected chi connectivity index (χ1v) is 12.5. The number of quaternary nitrogens is 1. The van der Waals surface area contributed by atoms with Crippen molar-refractivity contribution in [2.75, 3.05) is 27.7 Å². The molecule has 0 heterocycles. The van der Waals surface area contributed by atoms with Gasteiger partial charge in [0.05, 0.1) is 39.2 Å². The fourth-order valence-electron chi connectivity index (χ4n) is 3.53. The first kappa shape index (κ1) is 30.1. The van der Waals surface area contributed by atoms with Gasteiger partial charge in [-0.25, -0.2) is 4.79 Å². The first-order chi connectivity index (χ1) is 15.2. The maximum Gasteiger partial charge on any atom is 0.335 e. The van der Waals surface area contributed by atoms with E-state index in [1.807, 2.05) is 0 Å². The van der Waals surface area contributed by atoms with E-state index in [1.54, 1.807) is 0 Å². The zero-order valence-corrected chi connectivity index (χ0v) is 21.0. The highest BCUT2D eigenvalue weighted by molar-refractivity contribution is 5.90. The van der Waals surface area contributed by atoms with Gasteiger partial charge in [-0.2, -0.15) is 0 Å². The molecule has 1 aromatic carbocycles. The number of carbonyl (C=O) groups excluding carboxylic acids is 1. The van der Waals surface area contributed by atoms with Gasteiger partial charge >= 0.3 is 5.97 Å². The highest BCUT2D eigenvalue weighted by atomic mass is 16.4. The molecule has 0 atom stereocenters. The van der Waals surface area contributed by atoms with Crippen LogP contribution in [0, 0.1) is 0 Å². The molecule has 32 heavy (non-hydrogen) atoms. The Hall–Kier alpha value is -1.88. The molecule has 0 aliphatic rings. The van der Waals surface area contributed by atoms with Gasteiger partial charge in [0, 0.05) is 0 Å². The van der Waals surface area contributed by atoms with E-state index in [0.717, 1.165) is 4.48 Å². The van der Waals surface area contributed by atoms with Gasteiger partial charge in [-0.15, -0.1) is 0 Å². The van der Waals surface area contributed by atoms with Gasteiger partial charge in [0.25, 0.3) is 0 Å². The van der Waals surface area contributed by atoms with Gasteiger partial charge in [-0.3, -0.25) is 0 Å². The van der Waals surface area contributed by atoms with Gasteiger partial charge < -0.3 is 19.5 Å². The number of hydrogen-bond donors (Lipinski definition) is 1. The summed E-state index contributed by atoms with van der Waals surface area (Å²) in [5.74, 6) is -2.40. The molecule has 5 heteroatoms. The summed E-state index contributed by atoms with van der Waals surface area (Å²) >= 11 is 0. The normalized spacial score (nSPS) is 11.0. The van der Waals surface area contributed by atoms with Crippen LogP contribution in [0.15, 0.2) is 24.3 Å². The quantitative estimate of drug-likeness (QED) is 0.236.